The number of aryl methyl sites for hydroxylation is 1. The van der Waals surface area contributed by atoms with Crippen LogP contribution in [0.2, 0.25) is 0 Å². The second-order valence-corrected chi connectivity index (χ2v) is 12.1. The maximum Gasteiger partial charge on any atom is 0.189 e. The predicted octanol–water partition coefficient (Wildman–Crippen LogP) is 8.50. The summed E-state index contributed by atoms with van der Waals surface area (Å²) in [4.78, 5) is 3.88. The molecule has 222 valence electrons. The molecule has 0 N–H and O–H groups in total. The van der Waals surface area contributed by atoms with Crippen LogP contribution >= 0.6 is 11.3 Å². The van der Waals surface area contributed by atoms with Crippen LogP contribution in [0.25, 0.3) is 23.1 Å². The minimum Gasteiger partial charge on any atom is -0.496 e. The zero-order chi connectivity index (χ0) is 28.9. The number of thiophene rings is 1. The lowest BCUT2D eigenvalue weighted by Gasteiger charge is -2.23. The Hall–Kier alpha value is -2.93. The van der Waals surface area contributed by atoms with Gasteiger partial charge in [0.05, 0.1) is 23.4 Å². The summed E-state index contributed by atoms with van der Waals surface area (Å²) < 4.78 is 7.46. The van der Waals surface area contributed by atoms with Gasteiger partial charge in [-0.1, -0.05) is 97.1 Å². The van der Waals surface area contributed by atoms with E-state index in [1.54, 1.807) is 7.11 Å². The van der Waals surface area contributed by atoms with Gasteiger partial charge < -0.3 is 9.64 Å². The lowest BCUT2D eigenvalue weighted by atomic mass is 10.1. The molecule has 0 bridgehead atoms. The second-order valence-electron chi connectivity index (χ2n) is 11.0. The number of anilines is 1. The maximum absolute atomic E-state index is 5.59. The zero-order valence-corrected chi connectivity index (χ0v) is 26.5. The Labute approximate surface area is 250 Å². The van der Waals surface area contributed by atoms with Crippen molar-refractivity contribution in [3.63, 3.8) is 0 Å². The molecule has 0 unspecified atom stereocenters. The molecule has 0 aliphatic carbocycles. The molecule has 0 fully saturated rings. The van der Waals surface area contributed by atoms with Crippen molar-refractivity contribution in [1.82, 2.24) is 19.8 Å². The molecule has 41 heavy (non-hydrogen) atoms. The molecule has 1 aromatic carbocycles. The van der Waals surface area contributed by atoms with Crippen LogP contribution in [0.3, 0.4) is 0 Å². The van der Waals surface area contributed by atoms with E-state index in [2.05, 4.69) is 54.1 Å². The van der Waals surface area contributed by atoms with Crippen LogP contribution in [0.1, 0.15) is 108 Å². The Bertz CT molecular complexity index is 1360. The van der Waals surface area contributed by atoms with Gasteiger partial charge in [-0.3, -0.25) is 0 Å². The van der Waals surface area contributed by atoms with Crippen molar-refractivity contribution >= 4 is 28.1 Å². The van der Waals surface area contributed by atoms with E-state index in [9.17, 15) is 0 Å². The summed E-state index contributed by atoms with van der Waals surface area (Å²) in [6, 6.07) is 12.5. The topological polar surface area (TPSA) is 55.6 Å². The second kappa shape index (κ2) is 16.5. The number of nitrogens with zero attached hydrogens (tertiary/aromatic N) is 5. The summed E-state index contributed by atoms with van der Waals surface area (Å²) >= 11 is 1.89. The Kier molecular flexibility index (Phi) is 12.5. The van der Waals surface area contributed by atoms with Crippen molar-refractivity contribution in [1.29, 1.82) is 0 Å². The number of rotatable bonds is 19. The molecule has 0 saturated heterocycles. The first-order chi connectivity index (χ1) is 20.2. The third-order valence-electron chi connectivity index (χ3n) is 7.87. The van der Waals surface area contributed by atoms with Crippen LogP contribution in [-0.2, 0) is 6.42 Å². The van der Waals surface area contributed by atoms with Gasteiger partial charge in [-0.25, -0.2) is 0 Å². The first-order valence-electron chi connectivity index (χ1n) is 15.9. The number of hydrogen-bond donors (Lipinski definition) is 0. The van der Waals surface area contributed by atoms with Gasteiger partial charge >= 0.3 is 0 Å². The van der Waals surface area contributed by atoms with Crippen molar-refractivity contribution < 1.29 is 4.74 Å². The van der Waals surface area contributed by atoms with Crippen molar-refractivity contribution in [2.24, 2.45) is 0 Å². The molecule has 0 amide bonds. The van der Waals surface area contributed by atoms with Gasteiger partial charge in [0.1, 0.15) is 5.75 Å². The van der Waals surface area contributed by atoms with Crippen molar-refractivity contribution in [2.75, 3.05) is 25.1 Å². The number of ether oxygens (including phenoxy) is 1. The summed E-state index contributed by atoms with van der Waals surface area (Å²) in [7, 11) is 1.68. The lowest BCUT2D eigenvalue weighted by Crippen LogP contribution is -2.24. The predicted molar refractivity (Wildman–Crippen MR) is 174 cm³/mol. The SMILES string of the molecule is CCCCCCCCN(CCCCCCCC)c1ccc(/C=c2/c(CC)nn3c(-c4ccccc4OC)nnc23)s1. The summed E-state index contributed by atoms with van der Waals surface area (Å²) in [6.07, 6.45) is 19.1. The summed E-state index contributed by atoms with van der Waals surface area (Å²) in [5, 5.41) is 16.5. The van der Waals surface area contributed by atoms with E-state index >= 15 is 0 Å². The van der Waals surface area contributed by atoms with Gasteiger partial charge in [0.25, 0.3) is 0 Å². The fourth-order valence-corrected chi connectivity index (χ4v) is 6.48. The first-order valence-corrected chi connectivity index (χ1v) is 16.8. The molecule has 6 nitrogen and oxygen atoms in total. The summed E-state index contributed by atoms with van der Waals surface area (Å²) in [5.74, 6) is 1.48. The Balaban J connectivity index is 1.54. The highest BCUT2D eigenvalue weighted by Crippen LogP contribution is 2.29. The summed E-state index contributed by atoms with van der Waals surface area (Å²) in [6.45, 7) is 9.02. The number of methoxy groups -OCH3 is 1. The highest BCUT2D eigenvalue weighted by atomic mass is 32.1. The van der Waals surface area contributed by atoms with E-state index in [1.165, 1.54) is 86.9 Å². The highest BCUT2D eigenvalue weighted by Gasteiger charge is 2.18. The van der Waals surface area contributed by atoms with E-state index < -0.39 is 0 Å². The van der Waals surface area contributed by atoms with Gasteiger partial charge in [-0.2, -0.15) is 9.61 Å². The minimum atomic E-state index is 0.711. The molecule has 0 radical (unpaired) electrons. The van der Waals surface area contributed by atoms with Gasteiger partial charge in [0.15, 0.2) is 11.5 Å². The van der Waals surface area contributed by atoms with Gasteiger partial charge in [0.2, 0.25) is 0 Å². The molecule has 3 aromatic heterocycles. The number of benzene rings is 1. The lowest BCUT2D eigenvalue weighted by molar-refractivity contribution is 0.416. The standard InChI is InChI=1S/C34H49N5OS/c1-5-8-10-12-14-18-24-38(25-19-15-13-11-9-6-2)32-23-22-27(41-32)26-29-30(7-3)37-39-33(35-36-34(29)39)28-20-16-17-21-31(28)40-4/h16-17,20-23,26H,5-15,18-19,24-25H2,1-4H3/b29-26-. The first kappa shape index (κ1) is 31.0. The monoisotopic (exact) mass is 575 g/mol. The van der Waals surface area contributed by atoms with E-state index in [4.69, 9.17) is 9.84 Å². The normalized spacial score (nSPS) is 12.0. The van der Waals surface area contributed by atoms with Crippen LogP contribution < -0.4 is 14.9 Å². The summed E-state index contributed by atoms with van der Waals surface area (Å²) in [5.41, 5.74) is 2.73. The van der Waals surface area contributed by atoms with Crippen molar-refractivity contribution in [2.45, 2.75) is 104 Å². The minimum absolute atomic E-state index is 0.711. The van der Waals surface area contributed by atoms with E-state index in [1.807, 2.05) is 40.1 Å². The Morgan fingerprint density at radius 3 is 2.12 bits per heavy atom. The fourth-order valence-electron chi connectivity index (χ4n) is 5.48. The third kappa shape index (κ3) is 8.31. The van der Waals surface area contributed by atoms with Gasteiger partial charge in [-0.15, -0.1) is 21.5 Å². The van der Waals surface area contributed by atoms with Crippen LogP contribution in [0.4, 0.5) is 5.00 Å². The molecule has 0 atom stereocenters. The molecule has 0 spiro atoms. The quantitative estimate of drug-likeness (QED) is 0.105. The van der Waals surface area contributed by atoms with E-state index in [0.29, 0.717) is 5.82 Å². The molecule has 3 heterocycles. The van der Waals surface area contributed by atoms with Crippen molar-refractivity contribution in [3.05, 3.63) is 52.2 Å². The van der Waals surface area contributed by atoms with E-state index in [0.717, 1.165) is 47.4 Å². The highest BCUT2D eigenvalue weighted by molar-refractivity contribution is 7.16. The fraction of sp³-hybridized carbons (Fsp3) is 0.559. The molecule has 7 heteroatoms. The average molecular weight is 576 g/mol. The Morgan fingerprint density at radius 1 is 0.805 bits per heavy atom. The van der Waals surface area contributed by atoms with Crippen molar-refractivity contribution in [3.8, 4) is 17.1 Å². The van der Waals surface area contributed by atoms with Crippen LogP contribution in [0, 0.1) is 0 Å². The van der Waals surface area contributed by atoms with E-state index in [-0.39, 0.29) is 0 Å². The van der Waals surface area contributed by atoms with Crippen LogP contribution in [0.5, 0.6) is 5.75 Å². The van der Waals surface area contributed by atoms with Crippen LogP contribution in [-0.4, -0.2) is 40.0 Å². The third-order valence-corrected chi connectivity index (χ3v) is 8.96. The maximum atomic E-state index is 5.59. The molecular weight excluding hydrogens is 526 g/mol. The molecule has 4 aromatic rings. The number of para-hydroxylation sites is 1. The molecule has 0 aliphatic heterocycles. The number of hydrogen-bond acceptors (Lipinski definition) is 6. The molecule has 0 aliphatic rings. The van der Waals surface area contributed by atoms with Gasteiger partial charge in [0, 0.05) is 23.2 Å². The Morgan fingerprint density at radius 2 is 1.46 bits per heavy atom. The number of unbranched alkanes of at least 4 members (excludes halogenated alkanes) is 10. The molecular formula is C34H49N5OS. The number of fused-ring (bicyclic) bond motifs is 1. The molecule has 0 saturated carbocycles. The zero-order valence-electron chi connectivity index (χ0n) is 25.7. The smallest absolute Gasteiger partial charge is 0.189 e. The number of aromatic nitrogens is 4. The molecule has 4 rings (SSSR count). The average Bonchev–Trinajstić information content (AvgIpc) is 3.72. The van der Waals surface area contributed by atoms with Crippen LogP contribution in [0.15, 0.2) is 36.4 Å². The van der Waals surface area contributed by atoms with Gasteiger partial charge in [-0.05, 0) is 49.6 Å². The largest absolute Gasteiger partial charge is 0.496 e.